The topological polar surface area (TPSA) is 87.4 Å². The largest absolute Gasteiger partial charge is 1.00 e. The standard InChI is InChI=1S/C7H7N5O2.ClH/c13-12(14)7-3-1-6(2-4-7)11-9-5-8-10-11;/h1-5,10H,(H,8,9);1H. The molecule has 0 radical (unpaired) electrons. The Labute approximate surface area is 91.3 Å². The average molecular weight is 230 g/mol. The minimum atomic E-state index is -0.434. The van der Waals surface area contributed by atoms with Crippen LogP contribution in [0.25, 0.3) is 0 Å². The van der Waals surface area contributed by atoms with Gasteiger partial charge in [0.15, 0.2) is 0 Å². The second kappa shape index (κ2) is 4.69. The number of hydrazone groups is 1. The maximum absolute atomic E-state index is 10.4. The lowest BCUT2D eigenvalue weighted by molar-refractivity contribution is -0.587. The number of hydrazine groups is 1. The Kier molecular flexibility index (Phi) is 3.56. The molecule has 1 aliphatic heterocycles. The molecule has 0 bridgehead atoms. The minimum absolute atomic E-state index is 0. The van der Waals surface area contributed by atoms with Crippen LogP contribution in [0, 0.1) is 10.1 Å². The zero-order chi connectivity index (χ0) is 9.97. The Morgan fingerprint density at radius 2 is 2.07 bits per heavy atom. The number of non-ortho nitro benzene ring substituents is 1. The summed E-state index contributed by atoms with van der Waals surface area (Å²) in [5, 5.41) is 15.8. The van der Waals surface area contributed by atoms with Crippen LogP contribution in [0.5, 0.6) is 0 Å². The van der Waals surface area contributed by atoms with Gasteiger partial charge in [-0.05, 0) is 12.1 Å². The molecule has 0 saturated heterocycles. The van der Waals surface area contributed by atoms with Crippen molar-refractivity contribution in [1.82, 2.24) is 5.53 Å². The van der Waals surface area contributed by atoms with Crippen molar-refractivity contribution in [1.29, 1.82) is 0 Å². The molecule has 0 atom stereocenters. The molecule has 8 heteroatoms. The summed E-state index contributed by atoms with van der Waals surface area (Å²) in [6, 6.07) is 6.12. The molecule has 1 aliphatic rings. The van der Waals surface area contributed by atoms with Crippen LogP contribution < -0.4 is 28.5 Å². The second-order valence-corrected chi connectivity index (χ2v) is 2.65. The summed E-state index contributed by atoms with van der Waals surface area (Å²) in [6.07, 6.45) is 1.60. The third kappa shape index (κ3) is 2.40. The highest BCUT2D eigenvalue weighted by Gasteiger charge is 2.12. The van der Waals surface area contributed by atoms with Gasteiger partial charge in [-0.1, -0.05) is 5.53 Å². The van der Waals surface area contributed by atoms with Gasteiger partial charge in [0.25, 0.3) is 5.69 Å². The van der Waals surface area contributed by atoms with Crippen molar-refractivity contribution >= 4 is 17.7 Å². The number of rotatable bonds is 2. The summed E-state index contributed by atoms with van der Waals surface area (Å²) in [4.78, 5) is 9.94. The van der Waals surface area contributed by atoms with E-state index in [-0.39, 0.29) is 18.1 Å². The Bertz CT molecular complexity index is 379. The lowest BCUT2D eigenvalue weighted by Gasteiger charge is -2.08. The van der Waals surface area contributed by atoms with Gasteiger partial charge in [0, 0.05) is 12.1 Å². The molecule has 7 nitrogen and oxygen atoms in total. The van der Waals surface area contributed by atoms with Gasteiger partial charge in [0.2, 0.25) is 6.34 Å². The molecule has 80 valence electrons. The van der Waals surface area contributed by atoms with E-state index < -0.39 is 4.92 Å². The van der Waals surface area contributed by atoms with Gasteiger partial charge in [0.05, 0.1) is 10.6 Å². The van der Waals surface area contributed by atoms with Gasteiger partial charge in [0.1, 0.15) is 0 Å². The number of nitrogens with zero attached hydrogens (tertiary/aromatic N) is 3. The fraction of sp³-hybridized carbons (Fsp3) is 0. The molecular formula is C7H8ClN5O2. The molecule has 3 N–H and O–H groups in total. The molecule has 0 aromatic heterocycles. The molecule has 0 aliphatic carbocycles. The fourth-order valence-corrected chi connectivity index (χ4v) is 1.09. The van der Waals surface area contributed by atoms with Crippen molar-refractivity contribution in [3.8, 4) is 0 Å². The van der Waals surface area contributed by atoms with E-state index in [4.69, 9.17) is 0 Å². The predicted octanol–water partition coefficient (Wildman–Crippen LogP) is -3.65. The minimum Gasteiger partial charge on any atom is -1.00 e. The van der Waals surface area contributed by atoms with E-state index in [1.54, 1.807) is 23.9 Å². The molecule has 0 spiro atoms. The maximum Gasteiger partial charge on any atom is 0.269 e. The molecule has 15 heavy (non-hydrogen) atoms. The van der Waals surface area contributed by atoms with E-state index >= 15 is 0 Å². The summed E-state index contributed by atoms with van der Waals surface area (Å²) in [5.41, 5.74) is 5.33. The first kappa shape index (κ1) is 11.4. The van der Waals surface area contributed by atoms with E-state index in [0.717, 1.165) is 5.69 Å². The molecule has 1 heterocycles. The summed E-state index contributed by atoms with van der Waals surface area (Å²) >= 11 is 0. The first-order valence-electron chi connectivity index (χ1n) is 3.94. The smallest absolute Gasteiger partial charge is 0.269 e. The van der Waals surface area contributed by atoms with Crippen molar-refractivity contribution in [3.63, 3.8) is 0 Å². The number of quaternary nitrogens is 1. The van der Waals surface area contributed by atoms with Gasteiger partial charge in [-0.25, -0.2) is 5.43 Å². The van der Waals surface area contributed by atoms with Gasteiger partial charge in [-0.15, -0.1) is 10.2 Å². The van der Waals surface area contributed by atoms with Crippen LogP contribution in [0.3, 0.4) is 0 Å². The number of benzene rings is 1. The van der Waals surface area contributed by atoms with Crippen molar-refractivity contribution in [2.75, 3.05) is 5.12 Å². The molecular weight excluding hydrogens is 222 g/mol. The van der Waals surface area contributed by atoms with Crippen LogP contribution in [0.4, 0.5) is 11.4 Å². The van der Waals surface area contributed by atoms with Crippen molar-refractivity contribution in [3.05, 3.63) is 34.4 Å². The monoisotopic (exact) mass is 229 g/mol. The van der Waals surface area contributed by atoms with Gasteiger partial charge in [-0.3, -0.25) is 10.1 Å². The number of halogens is 1. The molecule has 0 saturated carbocycles. The summed E-state index contributed by atoms with van der Waals surface area (Å²) < 4.78 is 0. The molecule has 1 aromatic carbocycles. The number of anilines is 1. The SMILES string of the molecule is O=[N+]([O-])c1ccc(N2N=C[NH2+]N2)cc1.[Cl-]. The molecule has 0 unspecified atom stereocenters. The number of hydrogen-bond donors (Lipinski definition) is 2. The summed E-state index contributed by atoms with van der Waals surface area (Å²) in [6.45, 7) is 0. The lowest BCUT2D eigenvalue weighted by Crippen LogP contribution is -3.00. The lowest BCUT2D eigenvalue weighted by atomic mass is 10.3. The van der Waals surface area contributed by atoms with E-state index in [2.05, 4.69) is 10.6 Å². The van der Waals surface area contributed by atoms with E-state index in [1.165, 1.54) is 17.3 Å². The third-order valence-electron chi connectivity index (χ3n) is 1.76. The highest BCUT2D eigenvalue weighted by molar-refractivity contribution is 5.54. The van der Waals surface area contributed by atoms with Gasteiger partial charge in [-0.2, -0.15) is 0 Å². The molecule has 0 fully saturated rings. The van der Waals surface area contributed by atoms with Crippen molar-refractivity contribution in [2.24, 2.45) is 5.10 Å². The number of nitro benzene ring substituents is 1. The van der Waals surface area contributed by atoms with Gasteiger partial charge < -0.3 is 12.4 Å². The van der Waals surface area contributed by atoms with E-state index in [0.29, 0.717) is 0 Å². The van der Waals surface area contributed by atoms with Crippen LogP contribution in [0.1, 0.15) is 0 Å². The quantitative estimate of drug-likeness (QED) is 0.311. The van der Waals surface area contributed by atoms with E-state index in [9.17, 15) is 10.1 Å². The summed E-state index contributed by atoms with van der Waals surface area (Å²) in [7, 11) is 0. The van der Waals surface area contributed by atoms with Crippen LogP contribution in [-0.2, 0) is 0 Å². The fourth-order valence-electron chi connectivity index (χ4n) is 1.09. The maximum atomic E-state index is 10.4. The zero-order valence-corrected chi connectivity index (χ0v) is 8.26. The highest BCUT2D eigenvalue weighted by Crippen LogP contribution is 2.17. The van der Waals surface area contributed by atoms with Crippen LogP contribution >= 0.6 is 0 Å². The van der Waals surface area contributed by atoms with Crippen molar-refractivity contribution in [2.45, 2.75) is 0 Å². The predicted molar refractivity (Wildman–Crippen MR) is 49.1 cm³/mol. The first-order chi connectivity index (χ1) is 6.77. The molecule has 0 amide bonds. The number of nitro groups is 1. The zero-order valence-electron chi connectivity index (χ0n) is 7.50. The van der Waals surface area contributed by atoms with Gasteiger partial charge >= 0.3 is 0 Å². The number of nitrogens with one attached hydrogen (secondary N) is 1. The van der Waals surface area contributed by atoms with Crippen molar-refractivity contribution < 1.29 is 22.8 Å². The average Bonchev–Trinajstić information content (AvgIpc) is 2.71. The first-order valence-corrected chi connectivity index (χ1v) is 3.94. The van der Waals surface area contributed by atoms with Crippen LogP contribution in [-0.4, -0.2) is 11.3 Å². The third-order valence-corrected chi connectivity index (χ3v) is 1.76. The molecule has 1 aromatic rings. The summed E-state index contributed by atoms with van der Waals surface area (Å²) in [5.74, 6) is 0. The highest BCUT2D eigenvalue weighted by atomic mass is 35.5. The Balaban J connectivity index is 0.00000112. The number of nitrogens with two attached hydrogens (primary N) is 1. The molecule has 2 rings (SSSR count). The van der Waals surface area contributed by atoms with Crippen LogP contribution in [0.15, 0.2) is 29.4 Å². The second-order valence-electron chi connectivity index (χ2n) is 2.65. The van der Waals surface area contributed by atoms with E-state index in [1.807, 2.05) is 0 Å². The van der Waals surface area contributed by atoms with Crippen LogP contribution in [0.2, 0.25) is 0 Å². The Morgan fingerprint density at radius 3 is 2.53 bits per heavy atom. The Morgan fingerprint density at radius 1 is 1.40 bits per heavy atom. The normalized spacial score (nSPS) is 13.7. The Hall–Kier alpha value is -1.70. The number of hydrogen-bond acceptors (Lipinski definition) is 5.